The molecule has 1 aliphatic heterocycles. The maximum absolute atomic E-state index is 5.43. The van der Waals surface area contributed by atoms with E-state index in [1.807, 2.05) is 6.92 Å². The van der Waals surface area contributed by atoms with Crippen molar-refractivity contribution in [2.24, 2.45) is 4.99 Å². The SMILES string of the molecule is CCNC(=NCc1noc(C)n1)NCC(C)(C)N1CCOCC1.I. The topological polar surface area (TPSA) is 87.8 Å². The van der Waals surface area contributed by atoms with Crippen molar-refractivity contribution in [1.29, 1.82) is 0 Å². The van der Waals surface area contributed by atoms with Gasteiger partial charge in [0.1, 0.15) is 6.54 Å². The van der Waals surface area contributed by atoms with Crippen LogP contribution >= 0.6 is 24.0 Å². The van der Waals surface area contributed by atoms with E-state index in [2.05, 4.69) is 44.5 Å². The highest BCUT2D eigenvalue weighted by atomic mass is 127. The highest BCUT2D eigenvalue weighted by Crippen LogP contribution is 2.15. The zero-order chi connectivity index (χ0) is 16.7. The summed E-state index contributed by atoms with van der Waals surface area (Å²) in [7, 11) is 0. The summed E-state index contributed by atoms with van der Waals surface area (Å²) in [5, 5.41) is 10.5. The van der Waals surface area contributed by atoms with Crippen molar-refractivity contribution in [2.45, 2.75) is 39.8 Å². The number of aryl methyl sites for hydroxylation is 1. The van der Waals surface area contributed by atoms with Crippen LogP contribution in [0.4, 0.5) is 0 Å². The fourth-order valence-electron chi connectivity index (χ4n) is 2.48. The minimum absolute atomic E-state index is 0. The molecule has 0 bridgehead atoms. The molecule has 2 heterocycles. The Balaban J connectivity index is 0.00000288. The van der Waals surface area contributed by atoms with Gasteiger partial charge in [0.25, 0.3) is 0 Å². The Kier molecular flexibility index (Phi) is 8.92. The Morgan fingerprint density at radius 3 is 2.58 bits per heavy atom. The summed E-state index contributed by atoms with van der Waals surface area (Å²) in [6.45, 7) is 13.8. The van der Waals surface area contributed by atoms with Crippen LogP contribution in [-0.4, -0.2) is 65.9 Å². The Bertz CT molecular complexity index is 514. The predicted octanol–water partition coefficient (Wildman–Crippen LogP) is 1.16. The maximum atomic E-state index is 5.43. The van der Waals surface area contributed by atoms with Gasteiger partial charge in [0.2, 0.25) is 5.89 Å². The summed E-state index contributed by atoms with van der Waals surface area (Å²) in [4.78, 5) is 11.1. The molecule has 0 unspecified atom stereocenters. The number of morpholine rings is 1. The maximum Gasteiger partial charge on any atom is 0.223 e. The lowest BCUT2D eigenvalue weighted by Crippen LogP contribution is -2.56. The minimum atomic E-state index is 0. The third-order valence-corrected chi connectivity index (χ3v) is 3.85. The van der Waals surface area contributed by atoms with Crippen molar-refractivity contribution in [2.75, 3.05) is 39.4 Å². The Labute approximate surface area is 160 Å². The molecule has 0 atom stereocenters. The van der Waals surface area contributed by atoms with Gasteiger partial charge in [-0.05, 0) is 20.8 Å². The number of ether oxygens (including phenoxy) is 1. The van der Waals surface area contributed by atoms with Gasteiger partial charge in [-0.1, -0.05) is 5.16 Å². The number of hydrogen-bond donors (Lipinski definition) is 2. The molecular formula is C15H29IN6O2. The summed E-state index contributed by atoms with van der Waals surface area (Å²) >= 11 is 0. The zero-order valence-electron chi connectivity index (χ0n) is 15.0. The Morgan fingerprint density at radius 1 is 1.29 bits per heavy atom. The van der Waals surface area contributed by atoms with Crippen molar-refractivity contribution < 1.29 is 9.26 Å². The van der Waals surface area contributed by atoms with Crippen LogP contribution in [0.5, 0.6) is 0 Å². The van der Waals surface area contributed by atoms with Gasteiger partial charge < -0.3 is 19.9 Å². The van der Waals surface area contributed by atoms with Gasteiger partial charge in [0, 0.05) is 38.6 Å². The quantitative estimate of drug-likeness (QED) is 0.381. The average Bonchev–Trinajstić information content (AvgIpc) is 2.96. The lowest BCUT2D eigenvalue weighted by atomic mass is 10.0. The molecule has 8 nitrogen and oxygen atoms in total. The first-order valence-corrected chi connectivity index (χ1v) is 8.15. The molecule has 24 heavy (non-hydrogen) atoms. The van der Waals surface area contributed by atoms with E-state index in [9.17, 15) is 0 Å². The largest absolute Gasteiger partial charge is 0.379 e. The van der Waals surface area contributed by atoms with Crippen LogP contribution in [0, 0.1) is 6.92 Å². The minimum Gasteiger partial charge on any atom is -0.379 e. The molecule has 9 heteroatoms. The van der Waals surface area contributed by atoms with Gasteiger partial charge in [-0.25, -0.2) is 4.99 Å². The molecule has 2 N–H and O–H groups in total. The van der Waals surface area contributed by atoms with E-state index in [0.29, 0.717) is 18.3 Å². The smallest absolute Gasteiger partial charge is 0.223 e. The lowest BCUT2D eigenvalue weighted by molar-refractivity contribution is -0.00834. The summed E-state index contributed by atoms with van der Waals surface area (Å²) in [5.74, 6) is 1.91. The second-order valence-corrected chi connectivity index (χ2v) is 6.19. The fraction of sp³-hybridized carbons (Fsp3) is 0.800. The second-order valence-electron chi connectivity index (χ2n) is 6.19. The molecule has 1 fully saturated rings. The number of nitrogens with one attached hydrogen (secondary N) is 2. The molecule has 138 valence electrons. The highest BCUT2D eigenvalue weighted by molar-refractivity contribution is 14.0. The molecule has 1 aliphatic rings. The monoisotopic (exact) mass is 452 g/mol. The summed E-state index contributed by atoms with van der Waals surface area (Å²) in [6, 6.07) is 0. The number of rotatable bonds is 6. The number of aromatic nitrogens is 2. The molecule has 1 aromatic heterocycles. The van der Waals surface area contributed by atoms with E-state index >= 15 is 0 Å². The lowest BCUT2D eigenvalue weighted by Gasteiger charge is -2.41. The van der Waals surface area contributed by atoms with Gasteiger partial charge >= 0.3 is 0 Å². The number of hydrogen-bond acceptors (Lipinski definition) is 6. The van der Waals surface area contributed by atoms with E-state index < -0.39 is 0 Å². The van der Waals surface area contributed by atoms with Crippen LogP contribution in [-0.2, 0) is 11.3 Å². The third kappa shape index (κ3) is 6.52. The van der Waals surface area contributed by atoms with Crippen molar-refractivity contribution in [3.63, 3.8) is 0 Å². The Hall–Kier alpha value is -0.940. The molecule has 2 rings (SSSR count). The molecule has 1 saturated heterocycles. The predicted molar refractivity (Wildman–Crippen MR) is 104 cm³/mol. The number of aliphatic imine (C=N–C) groups is 1. The third-order valence-electron chi connectivity index (χ3n) is 3.85. The van der Waals surface area contributed by atoms with Crippen molar-refractivity contribution in [3.05, 3.63) is 11.7 Å². The van der Waals surface area contributed by atoms with Crippen LogP contribution in [0.3, 0.4) is 0 Å². The van der Waals surface area contributed by atoms with Crippen LogP contribution in [0.25, 0.3) is 0 Å². The van der Waals surface area contributed by atoms with Gasteiger partial charge in [-0.15, -0.1) is 24.0 Å². The summed E-state index contributed by atoms with van der Waals surface area (Å²) in [5.41, 5.74) is 0.0305. The molecule has 0 aromatic carbocycles. The molecule has 0 spiro atoms. The van der Waals surface area contributed by atoms with Gasteiger partial charge in [0.05, 0.1) is 13.2 Å². The number of guanidine groups is 1. The van der Waals surface area contributed by atoms with Crippen LogP contribution in [0.15, 0.2) is 9.52 Å². The molecular weight excluding hydrogens is 423 g/mol. The molecule has 0 amide bonds. The Morgan fingerprint density at radius 2 is 2.00 bits per heavy atom. The van der Waals surface area contributed by atoms with Crippen LogP contribution in [0.1, 0.15) is 32.5 Å². The van der Waals surface area contributed by atoms with E-state index in [4.69, 9.17) is 9.26 Å². The number of nitrogens with zero attached hydrogens (tertiary/aromatic N) is 4. The molecule has 0 saturated carbocycles. The van der Waals surface area contributed by atoms with Crippen LogP contribution < -0.4 is 10.6 Å². The van der Waals surface area contributed by atoms with Crippen molar-refractivity contribution in [1.82, 2.24) is 25.7 Å². The van der Waals surface area contributed by atoms with E-state index in [-0.39, 0.29) is 29.5 Å². The van der Waals surface area contributed by atoms with E-state index in [1.54, 1.807) is 6.92 Å². The average molecular weight is 452 g/mol. The van der Waals surface area contributed by atoms with E-state index in [1.165, 1.54) is 0 Å². The van der Waals surface area contributed by atoms with Gasteiger partial charge in [0.15, 0.2) is 11.8 Å². The normalized spacial score (nSPS) is 16.6. The fourth-order valence-corrected chi connectivity index (χ4v) is 2.48. The van der Waals surface area contributed by atoms with E-state index in [0.717, 1.165) is 45.4 Å². The zero-order valence-corrected chi connectivity index (χ0v) is 17.3. The summed E-state index contributed by atoms with van der Waals surface area (Å²) in [6.07, 6.45) is 0. The first-order valence-electron chi connectivity index (χ1n) is 8.15. The summed E-state index contributed by atoms with van der Waals surface area (Å²) < 4.78 is 10.4. The molecule has 0 aliphatic carbocycles. The van der Waals surface area contributed by atoms with Crippen molar-refractivity contribution >= 4 is 29.9 Å². The van der Waals surface area contributed by atoms with Crippen molar-refractivity contribution in [3.8, 4) is 0 Å². The van der Waals surface area contributed by atoms with Gasteiger partial charge in [-0.3, -0.25) is 4.90 Å². The highest BCUT2D eigenvalue weighted by Gasteiger charge is 2.28. The first-order chi connectivity index (χ1) is 11.0. The first kappa shape index (κ1) is 21.1. The van der Waals surface area contributed by atoms with Gasteiger partial charge in [-0.2, -0.15) is 4.98 Å². The molecule has 0 radical (unpaired) electrons. The van der Waals surface area contributed by atoms with Crippen LogP contribution in [0.2, 0.25) is 0 Å². The standard InChI is InChI=1S/C15H28N6O2.HI/c1-5-16-14(17-10-13-19-12(2)23-20-13)18-11-15(3,4)21-6-8-22-9-7-21;/h5-11H2,1-4H3,(H2,16,17,18);1H. The number of halogens is 1. The second kappa shape index (κ2) is 10.1. The molecule has 1 aromatic rings.